The van der Waals surface area contributed by atoms with Crippen LogP contribution in [0, 0.1) is 13.8 Å². The molecular weight excluding hydrogens is 226 g/mol. The molecule has 0 aromatic carbocycles. The highest BCUT2D eigenvalue weighted by molar-refractivity contribution is 5.47. The number of rotatable bonds is 3. The molecule has 1 aromatic rings. The van der Waals surface area contributed by atoms with Crippen LogP contribution in [0.15, 0.2) is 0 Å². The quantitative estimate of drug-likeness (QED) is 0.835. The molecule has 1 heterocycles. The van der Waals surface area contributed by atoms with Crippen molar-refractivity contribution < 1.29 is 4.74 Å². The monoisotopic (exact) mass is 249 g/mol. The van der Waals surface area contributed by atoms with Gasteiger partial charge in [-0.2, -0.15) is 4.98 Å². The van der Waals surface area contributed by atoms with Crippen molar-refractivity contribution in [1.82, 2.24) is 9.97 Å². The topological polar surface area (TPSA) is 47.0 Å². The molecule has 2 rings (SSSR count). The number of hydrogen-bond acceptors (Lipinski definition) is 4. The van der Waals surface area contributed by atoms with Crippen molar-refractivity contribution >= 4 is 5.82 Å². The first-order chi connectivity index (χ1) is 8.70. The Morgan fingerprint density at radius 3 is 2.33 bits per heavy atom. The predicted octanol–water partition coefficient (Wildman–Crippen LogP) is 3.24. The molecule has 0 radical (unpaired) electrons. The second kappa shape index (κ2) is 6.03. The second-order valence-corrected chi connectivity index (χ2v) is 5.03. The first-order valence-electron chi connectivity index (χ1n) is 6.90. The van der Waals surface area contributed by atoms with Crippen molar-refractivity contribution in [2.75, 3.05) is 12.4 Å². The average Bonchev–Trinajstić information content (AvgIpc) is 2.62. The Morgan fingerprint density at radius 2 is 1.72 bits per heavy atom. The van der Waals surface area contributed by atoms with Crippen molar-refractivity contribution in [2.45, 2.75) is 58.5 Å². The maximum absolute atomic E-state index is 6.10. The zero-order valence-corrected chi connectivity index (χ0v) is 11.6. The number of anilines is 1. The summed E-state index contributed by atoms with van der Waals surface area (Å²) in [7, 11) is 1.88. The van der Waals surface area contributed by atoms with E-state index in [1.165, 1.54) is 25.7 Å². The summed E-state index contributed by atoms with van der Waals surface area (Å²) >= 11 is 0. The normalized spacial score (nSPS) is 17.3. The van der Waals surface area contributed by atoms with E-state index in [0.717, 1.165) is 35.9 Å². The lowest BCUT2D eigenvalue weighted by atomic mass is 10.1. The third-order valence-corrected chi connectivity index (χ3v) is 3.53. The average molecular weight is 249 g/mol. The summed E-state index contributed by atoms with van der Waals surface area (Å²) in [6.45, 7) is 3.91. The van der Waals surface area contributed by atoms with Crippen LogP contribution in [0.1, 0.15) is 49.9 Å². The van der Waals surface area contributed by atoms with Crippen LogP contribution in [0.25, 0.3) is 0 Å². The molecule has 1 N–H and O–H groups in total. The van der Waals surface area contributed by atoms with Crippen LogP contribution in [0.4, 0.5) is 5.82 Å². The molecule has 1 aliphatic carbocycles. The van der Waals surface area contributed by atoms with Crippen LogP contribution in [0.2, 0.25) is 0 Å². The molecule has 0 amide bonds. The summed E-state index contributed by atoms with van der Waals surface area (Å²) in [4.78, 5) is 8.79. The van der Waals surface area contributed by atoms with E-state index in [2.05, 4.69) is 15.3 Å². The predicted molar refractivity (Wildman–Crippen MR) is 73.2 cm³/mol. The van der Waals surface area contributed by atoms with E-state index in [0.29, 0.717) is 6.10 Å². The molecule has 18 heavy (non-hydrogen) atoms. The van der Waals surface area contributed by atoms with Gasteiger partial charge in [-0.05, 0) is 39.5 Å². The molecule has 100 valence electrons. The number of aryl methyl sites for hydroxylation is 1. The summed E-state index contributed by atoms with van der Waals surface area (Å²) in [6.07, 6.45) is 7.84. The van der Waals surface area contributed by atoms with E-state index in [-0.39, 0.29) is 0 Å². The first-order valence-corrected chi connectivity index (χ1v) is 6.90. The van der Waals surface area contributed by atoms with Gasteiger partial charge in [0.1, 0.15) is 17.7 Å². The number of nitrogens with one attached hydrogen (secondary N) is 1. The van der Waals surface area contributed by atoms with Gasteiger partial charge in [-0.3, -0.25) is 0 Å². The Kier molecular flexibility index (Phi) is 4.39. The molecule has 4 heteroatoms. The highest BCUT2D eigenvalue weighted by atomic mass is 16.5. The Labute approximate surface area is 109 Å². The van der Waals surface area contributed by atoms with Gasteiger partial charge >= 0.3 is 0 Å². The molecule has 0 spiro atoms. The fraction of sp³-hybridized carbons (Fsp3) is 0.714. The van der Waals surface area contributed by atoms with E-state index >= 15 is 0 Å². The molecular formula is C14H23N3O. The van der Waals surface area contributed by atoms with Gasteiger partial charge in [0.15, 0.2) is 0 Å². The van der Waals surface area contributed by atoms with Crippen molar-refractivity contribution in [1.29, 1.82) is 0 Å². The molecule has 1 aliphatic rings. The van der Waals surface area contributed by atoms with Gasteiger partial charge in [0, 0.05) is 7.05 Å². The molecule has 1 saturated carbocycles. The SMILES string of the molecule is CNc1nc(C)nc(OC2CCCCCC2)c1C. The summed E-state index contributed by atoms with van der Waals surface area (Å²) in [5.74, 6) is 2.37. The van der Waals surface area contributed by atoms with Crippen LogP contribution in [-0.4, -0.2) is 23.1 Å². The van der Waals surface area contributed by atoms with Gasteiger partial charge < -0.3 is 10.1 Å². The molecule has 0 aliphatic heterocycles. The van der Waals surface area contributed by atoms with Crippen molar-refractivity contribution in [3.05, 3.63) is 11.4 Å². The maximum atomic E-state index is 6.10. The molecule has 4 nitrogen and oxygen atoms in total. The van der Waals surface area contributed by atoms with Gasteiger partial charge in [0.25, 0.3) is 0 Å². The minimum Gasteiger partial charge on any atom is -0.474 e. The van der Waals surface area contributed by atoms with Gasteiger partial charge in [-0.15, -0.1) is 0 Å². The zero-order chi connectivity index (χ0) is 13.0. The van der Waals surface area contributed by atoms with Crippen LogP contribution in [0.5, 0.6) is 5.88 Å². The molecule has 0 atom stereocenters. The van der Waals surface area contributed by atoms with E-state index in [9.17, 15) is 0 Å². The van der Waals surface area contributed by atoms with E-state index < -0.39 is 0 Å². The second-order valence-electron chi connectivity index (χ2n) is 5.03. The highest BCUT2D eigenvalue weighted by Gasteiger charge is 2.17. The summed E-state index contributed by atoms with van der Waals surface area (Å²) in [5.41, 5.74) is 1.01. The van der Waals surface area contributed by atoms with Crippen LogP contribution in [-0.2, 0) is 0 Å². The summed E-state index contributed by atoms with van der Waals surface area (Å²) in [6, 6.07) is 0. The van der Waals surface area contributed by atoms with Gasteiger partial charge in [0.05, 0.1) is 5.56 Å². The Hall–Kier alpha value is -1.32. The zero-order valence-electron chi connectivity index (χ0n) is 11.6. The minimum absolute atomic E-state index is 0.324. The lowest BCUT2D eigenvalue weighted by Crippen LogP contribution is -2.17. The summed E-state index contributed by atoms with van der Waals surface area (Å²) in [5, 5.41) is 3.09. The lowest BCUT2D eigenvalue weighted by Gasteiger charge is -2.18. The fourth-order valence-corrected chi connectivity index (χ4v) is 2.48. The fourth-order valence-electron chi connectivity index (χ4n) is 2.48. The molecule has 0 bridgehead atoms. The molecule has 1 aromatic heterocycles. The number of aromatic nitrogens is 2. The van der Waals surface area contributed by atoms with Crippen molar-refractivity contribution in [2.24, 2.45) is 0 Å². The maximum Gasteiger partial charge on any atom is 0.222 e. The molecule has 0 unspecified atom stereocenters. The molecule has 0 saturated heterocycles. The van der Waals surface area contributed by atoms with Gasteiger partial charge in [-0.25, -0.2) is 4.98 Å². The Bertz CT molecular complexity index is 398. The van der Waals surface area contributed by atoms with Gasteiger partial charge in [0.2, 0.25) is 5.88 Å². The standard InChI is InChI=1S/C14H23N3O/c1-10-13(15-3)16-11(2)17-14(10)18-12-8-6-4-5-7-9-12/h12H,4-9H2,1-3H3,(H,15,16,17). The van der Waals surface area contributed by atoms with E-state index in [1.54, 1.807) is 0 Å². The smallest absolute Gasteiger partial charge is 0.222 e. The Balaban J connectivity index is 2.14. The minimum atomic E-state index is 0.324. The van der Waals surface area contributed by atoms with Crippen LogP contribution >= 0.6 is 0 Å². The Morgan fingerprint density at radius 1 is 1.06 bits per heavy atom. The van der Waals surface area contributed by atoms with Gasteiger partial charge in [-0.1, -0.05) is 12.8 Å². The van der Waals surface area contributed by atoms with Crippen LogP contribution < -0.4 is 10.1 Å². The first kappa shape index (κ1) is 13.1. The number of hydrogen-bond donors (Lipinski definition) is 1. The third kappa shape index (κ3) is 3.12. The molecule has 1 fully saturated rings. The third-order valence-electron chi connectivity index (χ3n) is 3.53. The van der Waals surface area contributed by atoms with Crippen molar-refractivity contribution in [3.8, 4) is 5.88 Å². The van der Waals surface area contributed by atoms with E-state index in [4.69, 9.17) is 4.74 Å². The lowest BCUT2D eigenvalue weighted by molar-refractivity contribution is 0.174. The largest absolute Gasteiger partial charge is 0.474 e. The van der Waals surface area contributed by atoms with Crippen molar-refractivity contribution in [3.63, 3.8) is 0 Å². The van der Waals surface area contributed by atoms with E-state index in [1.807, 2.05) is 20.9 Å². The van der Waals surface area contributed by atoms with Crippen LogP contribution in [0.3, 0.4) is 0 Å². The summed E-state index contributed by atoms with van der Waals surface area (Å²) < 4.78 is 6.10. The number of ether oxygens (including phenoxy) is 1. The number of nitrogens with zero attached hydrogens (tertiary/aromatic N) is 2. The highest BCUT2D eigenvalue weighted by Crippen LogP contribution is 2.26.